The molecule has 0 radical (unpaired) electrons. The van der Waals surface area contributed by atoms with Gasteiger partial charge in [0.15, 0.2) is 0 Å². The molecule has 2 atom stereocenters. The van der Waals surface area contributed by atoms with Crippen molar-refractivity contribution in [2.24, 2.45) is 22.7 Å². The molecule has 10 aromatic rings. The van der Waals surface area contributed by atoms with Crippen LogP contribution in [0.1, 0.15) is 226 Å². The molecular formula is C89H110F2N2O4. The van der Waals surface area contributed by atoms with Crippen LogP contribution in [-0.2, 0) is 27.1 Å². The highest BCUT2D eigenvalue weighted by Gasteiger charge is 2.36. The van der Waals surface area contributed by atoms with E-state index in [-0.39, 0.29) is 61.2 Å². The highest BCUT2D eigenvalue weighted by molar-refractivity contribution is 6.13. The molecule has 1 saturated carbocycles. The third kappa shape index (κ3) is 13.8. The lowest BCUT2D eigenvalue weighted by Gasteiger charge is -2.34. The smallest absolute Gasteiger partial charge is 0.147 e. The summed E-state index contributed by atoms with van der Waals surface area (Å²) in [5.41, 5.74) is 16.4. The van der Waals surface area contributed by atoms with E-state index in [0.29, 0.717) is 69.5 Å². The number of aryl methyl sites for hydroxylation is 5. The van der Waals surface area contributed by atoms with Gasteiger partial charge in [-0.25, -0.2) is 8.78 Å². The van der Waals surface area contributed by atoms with Crippen LogP contribution in [-0.4, -0.2) is 32.6 Å². The Hall–Kier alpha value is -7.58. The van der Waals surface area contributed by atoms with Crippen LogP contribution in [0, 0.1) is 68.9 Å². The molecule has 2 heterocycles. The van der Waals surface area contributed by atoms with Gasteiger partial charge in [-0.2, -0.15) is 0 Å². The number of ether oxygens (including phenoxy) is 2. The van der Waals surface area contributed by atoms with Crippen LogP contribution < -0.4 is 9.47 Å². The molecule has 1 aliphatic carbocycles. The van der Waals surface area contributed by atoms with E-state index in [1.54, 1.807) is 6.07 Å². The molecule has 0 bridgehead atoms. The highest BCUT2D eigenvalue weighted by atomic mass is 19.1. The number of phenols is 2. The average Bonchev–Trinajstić information content (AvgIpc) is 1.60. The second kappa shape index (κ2) is 25.0. The average molecular weight is 1310 g/mol. The molecule has 8 heteroatoms. The summed E-state index contributed by atoms with van der Waals surface area (Å²) < 4.78 is 51.9. The van der Waals surface area contributed by atoms with E-state index in [0.717, 1.165) is 104 Å². The van der Waals surface area contributed by atoms with Crippen LogP contribution in [0.15, 0.2) is 109 Å². The minimum absolute atomic E-state index is 0.0353. The van der Waals surface area contributed by atoms with Gasteiger partial charge in [-0.3, -0.25) is 0 Å². The molecule has 0 unspecified atom stereocenters. The number of phenolic OH excluding ortho intramolecular Hbond substituents is 2. The molecule has 11 rings (SSSR count). The lowest BCUT2D eigenvalue weighted by Crippen LogP contribution is -2.30. The normalized spacial score (nSPS) is 15.6. The van der Waals surface area contributed by atoms with E-state index in [1.165, 1.54) is 40.5 Å². The van der Waals surface area contributed by atoms with Crippen molar-refractivity contribution in [2.75, 3.05) is 13.2 Å². The van der Waals surface area contributed by atoms with Gasteiger partial charge in [-0.1, -0.05) is 187 Å². The predicted molar refractivity (Wildman–Crippen MR) is 406 cm³/mol. The van der Waals surface area contributed by atoms with Crippen molar-refractivity contribution in [1.82, 2.24) is 9.13 Å². The Morgan fingerprint density at radius 3 is 1.22 bits per heavy atom. The molecule has 2 N–H and O–H groups in total. The molecular weight excluding hydrogens is 1200 g/mol. The van der Waals surface area contributed by atoms with Gasteiger partial charge < -0.3 is 28.8 Å². The molecule has 6 nitrogen and oxygen atoms in total. The van der Waals surface area contributed by atoms with Crippen molar-refractivity contribution in [3.63, 3.8) is 0 Å². The van der Waals surface area contributed by atoms with Crippen LogP contribution in [0.25, 0.3) is 77.2 Å². The molecule has 1 aliphatic rings. The third-order valence-corrected chi connectivity index (χ3v) is 21.3. The van der Waals surface area contributed by atoms with Crippen LogP contribution >= 0.6 is 0 Å². The number of rotatable bonds is 14. The minimum atomic E-state index is -0.414. The van der Waals surface area contributed by atoms with E-state index in [9.17, 15) is 10.2 Å². The number of nitrogens with zero attached hydrogens (tertiary/aromatic N) is 2. The quantitative estimate of drug-likeness (QED) is 0.114. The summed E-state index contributed by atoms with van der Waals surface area (Å²) >= 11 is 0. The summed E-state index contributed by atoms with van der Waals surface area (Å²) in [7, 11) is 0. The monoisotopic (exact) mass is 1310 g/mol. The van der Waals surface area contributed by atoms with E-state index < -0.39 is 11.6 Å². The van der Waals surface area contributed by atoms with E-state index >= 15 is 8.78 Å². The molecule has 97 heavy (non-hydrogen) atoms. The van der Waals surface area contributed by atoms with Gasteiger partial charge >= 0.3 is 0 Å². The fourth-order valence-corrected chi connectivity index (χ4v) is 16.6. The zero-order valence-corrected chi connectivity index (χ0v) is 63.1. The van der Waals surface area contributed by atoms with Crippen LogP contribution in [0.4, 0.5) is 8.78 Å². The van der Waals surface area contributed by atoms with Crippen molar-refractivity contribution in [3.8, 4) is 56.6 Å². The van der Waals surface area contributed by atoms with Gasteiger partial charge in [0.25, 0.3) is 0 Å². The maximum atomic E-state index is 16.5. The first kappa shape index (κ1) is 70.7. The van der Waals surface area contributed by atoms with Gasteiger partial charge in [0, 0.05) is 43.8 Å². The zero-order valence-electron chi connectivity index (χ0n) is 63.1. The Kier molecular flexibility index (Phi) is 18.2. The molecule has 1 fully saturated rings. The summed E-state index contributed by atoms with van der Waals surface area (Å²) in [4.78, 5) is 0. The summed E-state index contributed by atoms with van der Waals surface area (Å²) in [6, 6.07) is 37.2. The molecule has 0 amide bonds. The Bertz CT molecular complexity index is 4650. The minimum Gasteiger partial charge on any atom is -0.505 e. The lowest BCUT2D eigenvalue weighted by molar-refractivity contribution is 0.105. The zero-order chi connectivity index (χ0) is 70.9. The molecule has 2 aromatic heterocycles. The molecule has 8 aromatic carbocycles. The van der Waals surface area contributed by atoms with Gasteiger partial charge in [-0.15, -0.1) is 0 Å². The first-order chi connectivity index (χ1) is 44.9. The standard InChI is InChI=1S/C89H110F2N2O4/c1-51-29-32-67-77-52(2)35-60(87(18,19)20)42-74(77)93(78(67)55(51)5)76-44-62(89(23,24)50-84(9,10)11)39-69(80(76)95)71-46-64(91)37-54(4)82(71)97-48-57-28-26-25-27-56(57)47-96-81-53(3)36-63(90)45-70(81)68-38-61(88(21,22)49-83(6,7)8)43-75(79(68)94)92-72-40-58(85(12,13)14)30-33-65(72)66-34-31-59(41-73(66)92)86(15,16)17/h29-46,56-57,94-95H,25-28,47-50H2,1-24H3/t56-,57-/m0/s1. The maximum absolute atomic E-state index is 16.5. The van der Waals surface area contributed by atoms with E-state index in [4.69, 9.17) is 9.47 Å². The summed E-state index contributed by atoms with van der Waals surface area (Å²) in [6.45, 7) is 53.8. The fourth-order valence-electron chi connectivity index (χ4n) is 16.6. The van der Waals surface area contributed by atoms with Crippen LogP contribution in [0.5, 0.6) is 23.0 Å². The second-order valence-electron chi connectivity index (χ2n) is 36.1. The summed E-state index contributed by atoms with van der Waals surface area (Å²) in [6.07, 6.45) is 5.48. The number of aromatic hydroxyl groups is 2. The summed E-state index contributed by atoms with van der Waals surface area (Å²) in [5, 5.41) is 31.2. The van der Waals surface area contributed by atoms with Crippen molar-refractivity contribution in [2.45, 2.75) is 232 Å². The number of aromatic nitrogens is 2. The second-order valence-corrected chi connectivity index (χ2v) is 36.1. The largest absolute Gasteiger partial charge is 0.505 e. The van der Waals surface area contributed by atoms with Gasteiger partial charge in [0.1, 0.15) is 34.6 Å². The third-order valence-electron chi connectivity index (χ3n) is 21.3. The number of benzene rings is 8. The van der Waals surface area contributed by atoms with Crippen LogP contribution in [0.3, 0.4) is 0 Å². The Morgan fingerprint density at radius 2 is 0.804 bits per heavy atom. The Balaban J connectivity index is 1.01. The maximum Gasteiger partial charge on any atom is 0.147 e. The molecule has 0 aliphatic heterocycles. The first-order valence-electron chi connectivity index (χ1n) is 35.7. The van der Waals surface area contributed by atoms with Crippen molar-refractivity contribution in [3.05, 3.63) is 176 Å². The number of hydrogen-bond donors (Lipinski definition) is 2. The molecule has 0 spiro atoms. The number of fused-ring (bicyclic) bond motifs is 6. The number of halogens is 2. The topological polar surface area (TPSA) is 68.8 Å². The highest BCUT2D eigenvalue weighted by Crippen LogP contribution is 2.52. The summed E-state index contributed by atoms with van der Waals surface area (Å²) in [5.74, 6) is 0.407. The first-order valence-corrected chi connectivity index (χ1v) is 35.7. The van der Waals surface area contributed by atoms with Crippen LogP contribution in [0.2, 0.25) is 0 Å². The SMILES string of the molecule is Cc1cc(F)cc(-c2cc(C(C)(C)CC(C)(C)C)cc(-n3c4cc(C(C)(C)C)ccc4c4ccc(C(C)(C)C)cc43)c2O)c1OC[C@@H]1CCCC[C@H]1COc1c(C)cc(F)cc1-c1cc(C(C)(C)CC(C)(C)C)cc(-n2c3cc(C(C)(C)C)cc(C)c3c3ccc(C)c(C)c32)c1O. The van der Waals surface area contributed by atoms with Gasteiger partial charge in [-0.05, 0) is 232 Å². The van der Waals surface area contributed by atoms with Crippen molar-refractivity contribution >= 4 is 43.6 Å². The predicted octanol–water partition coefficient (Wildman–Crippen LogP) is 25.0. The number of hydrogen-bond acceptors (Lipinski definition) is 4. The Morgan fingerprint density at radius 1 is 0.402 bits per heavy atom. The fraction of sp³-hybridized carbons (Fsp3) is 0.461. The van der Waals surface area contributed by atoms with E-state index in [2.05, 4.69) is 246 Å². The van der Waals surface area contributed by atoms with E-state index in [1.807, 2.05) is 13.8 Å². The van der Waals surface area contributed by atoms with Crippen molar-refractivity contribution < 1.29 is 28.5 Å². The van der Waals surface area contributed by atoms with Crippen molar-refractivity contribution in [1.29, 1.82) is 0 Å². The van der Waals surface area contributed by atoms with Gasteiger partial charge in [0.05, 0.1) is 46.7 Å². The lowest BCUT2D eigenvalue weighted by atomic mass is 9.71. The molecule has 514 valence electrons. The Labute approximate surface area is 578 Å². The molecule has 0 saturated heterocycles. The van der Waals surface area contributed by atoms with Gasteiger partial charge in [0.2, 0.25) is 0 Å².